The molecule has 0 amide bonds. The Morgan fingerprint density at radius 1 is 1.06 bits per heavy atom. The summed E-state index contributed by atoms with van der Waals surface area (Å²) in [7, 11) is 0. The molecule has 4 aliphatic rings. The van der Waals surface area contributed by atoms with Crippen molar-refractivity contribution in [2.45, 2.75) is 73.7 Å². The van der Waals surface area contributed by atoms with Crippen molar-refractivity contribution < 1.29 is 29.3 Å². The van der Waals surface area contributed by atoms with E-state index in [0.29, 0.717) is 26.2 Å². The molecule has 2 heterocycles. The van der Waals surface area contributed by atoms with Gasteiger partial charge in [0.15, 0.2) is 0 Å². The fourth-order valence-corrected chi connectivity index (χ4v) is 9.22. The third-order valence-electron chi connectivity index (χ3n) is 10.2. The zero-order valence-corrected chi connectivity index (χ0v) is 29.1. The molecule has 260 valence electrons. The van der Waals surface area contributed by atoms with Gasteiger partial charge in [0.1, 0.15) is 24.7 Å². The highest BCUT2D eigenvalue weighted by Crippen LogP contribution is 2.63. The molecule has 2 aliphatic heterocycles. The van der Waals surface area contributed by atoms with Gasteiger partial charge in [-0.05, 0) is 80.3 Å². The van der Waals surface area contributed by atoms with Gasteiger partial charge in [-0.25, -0.2) is 0 Å². The monoisotopic (exact) mass is 676 g/mol. The molecule has 6 rings (SSSR count). The average Bonchev–Trinajstić information content (AvgIpc) is 3.94. The summed E-state index contributed by atoms with van der Waals surface area (Å²) in [6, 6.07) is 16.8. The van der Waals surface area contributed by atoms with Crippen LogP contribution in [0.25, 0.3) is 0 Å². The molecule has 2 fully saturated rings. The van der Waals surface area contributed by atoms with Gasteiger partial charge in [-0.2, -0.15) is 0 Å². The number of allylic oxidation sites excluding steroid dienone is 1. The summed E-state index contributed by atoms with van der Waals surface area (Å²) in [6.45, 7) is 11.1. The van der Waals surface area contributed by atoms with Gasteiger partial charge < -0.3 is 29.3 Å². The first kappa shape index (κ1) is 35.0. The first-order valence-electron chi connectivity index (χ1n) is 17.9. The van der Waals surface area contributed by atoms with E-state index in [1.165, 1.54) is 0 Å². The molecule has 2 aromatic carbocycles. The number of rotatable bonds is 19. The van der Waals surface area contributed by atoms with Crippen LogP contribution in [-0.2, 0) is 9.57 Å². The van der Waals surface area contributed by atoms with Crippen LogP contribution >= 0.6 is 11.8 Å². The van der Waals surface area contributed by atoms with Crippen LogP contribution < -0.4 is 9.47 Å². The molecular weight excluding hydrogens is 625 g/mol. The average molecular weight is 677 g/mol. The molecule has 0 spiro atoms. The summed E-state index contributed by atoms with van der Waals surface area (Å²) in [4.78, 5) is 9.32. The van der Waals surface area contributed by atoms with E-state index in [-0.39, 0.29) is 42.1 Å². The number of hydrogen-bond acceptors (Lipinski definition) is 9. The molecular formula is C39H52N2O6S. The molecule has 1 saturated carbocycles. The van der Waals surface area contributed by atoms with Gasteiger partial charge in [-0.3, -0.25) is 4.90 Å². The lowest BCUT2D eigenvalue weighted by Gasteiger charge is -2.58. The molecule has 0 unspecified atom stereocenters. The largest absolute Gasteiger partial charge is 0.492 e. The Bertz CT molecular complexity index is 1410. The van der Waals surface area contributed by atoms with Gasteiger partial charge in [0.2, 0.25) is 5.79 Å². The topological polar surface area (TPSA) is 92.8 Å². The first-order valence-corrected chi connectivity index (χ1v) is 18.8. The van der Waals surface area contributed by atoms with Gasteiger partial charge in [-0.1, -0.05) is 48.3 Å². The molecule has 2 aromatic rings. The number of benzene rings is 2. The number of aliphatic hydroxyl groups excluding tert-OH is 2. The molecule has 9 heteroatoms. The van der Waals surface area contributed by atoms with E-state index in [1.54, 1.807) is 11.8 Å². The van der Waals surface area contributed by atoms with Gasteiger partial charge >= 0.3 is 0 Å². The summed E-state index contributed by atoms with van der Waals surface area (Å²) >= 11 is 1.78. The quantitative estimate of drug-likeness (QED) is 0.0725. The van der Waals surface area contributed by atoms with E-state index < -0.39 is 5.79 Å². The number of thioether (sulfide) groups is 1. The molecule has 48 heavy (non-hydrogen) atoms. The van der Waals surface area contributed by atoms with Crippen molar-refractivity contribution in [1.82, 2.24) is 4.90 Å². The summed E-state index contributed by atoms with van der Waals surface area (Å²) in [5.41, 5.74) is 3.25. The normalized spacial score (nSPS) is 28.2. The molecule has 6 atom stereocenters. The fraction of sp³-hybridized carbons (Fsp3) is 0.564. The van der Waals surface area contributed by atoms with E-state index >= 15 is 0 Å². The maximum Gasteiger partial charge on any atom is 0.231 e. The van der Waals surface area contributed by atoms with Gasteiger partial charge in [-0.15, -0.1) is 18.3 Å². The standard InChI is InChI=1S/C39H52N2O6S/c1-3-23-45-39-36(48-30-13-6-5-7-14-30)27-34(40-46-4-2)32-25-28(12-8-10-21-42)31(15-9-11-22-43)37(38(32)39)33-26-29(16-17-35(33)47-39)44-24-20-41-18-19-41/h3,5-7,13-14,16-17,25-26,28,31,36-38,42-43H,1,4,8-12,15,18-24,27H2,2H3/t28-,31+,36-,37+,38+,39+/m0/s1. The van der Waals surface area contributed by atoms with Crippen molar-refractivity contribution in [3.63, 3.8) is 0 Å². The number of hydrogen-bond donors (Lipinski definition) is 2. The lowest BCUT2D eigenvalue weighted by molar-refractivity contribution is -0.223. The molecule has 1 saturated heterocycles. The van der Waals surface area contributed by atoms with Crippen molar-refractivity contribution in [2.75, 3.05) is 52.7 Å². The second-order valence-electron chi connectivity index (χ2n) is 13.3. The van der Waals surface area contributed by atoms with Crippen molar-refractivity contribution in [1.29, 1.82) is 0 Å². The molecule has 2 aliphatic carbocycles. The van der Waals surface area contributed by atoms with Crippen molar-refractivity contribution in [3.05, 3.63) is 78.4 Å². The van der Waals surface area contributed by atoms with Crippen LogP contribution in [0, 0.1) is 17.8 Å². The predicted octanol–water partition coefficient (Wildman–Crippen LogP) is 6.83. The van der Waals surface area contributed by atoms with Gasteiger partial charge in [0.25, 0.3) is 0 Å². The van der Waals surface area contributed by atoms with E-state index in [9.17, 15) is 10.2 Å². The molecule has 8 nitrogen and oxygen atoms in total. The minimum atomic E-state index is -0.990. The third-order valence-corrected chi connectivity index (χ3v) is 11.5. The summed E-state index contributed by atoms with van der Waals surface area (Å²) in [6.07, 6.45) is 10.2. The summed E-state index contributed by atoms with van der Waals surface area (Å²) in [5.74, 6) is 1.13. The molecule has 0 aromatic heterocycles. The van der Waals surface area contributed by atoms with Crippen LogP contribution in [0.3, 0.4) is 0 Å². The van der Waals surface area contributed by atoms with E-state index in [2.05, 4.69) is 54.0 Å². The van der Waals surface area contributed by atoms with E-state index in [1.807, 2.05) is 25.1 Å². The highest BCUT2D eigenvalue weighted by molar-refractivity contribution is 8.00. The minimum absolute atomic E-state index is 0.0538. The van der Waals surface area contributed by atoms with Gasteiger partial charge in [0, 0.05) is 55.6 Å². The van der Waals surface area contributed by atoms with Crippen LogP contribution in [0.15, 0.2) is 82.9 Å². The predicted molar refractivity (Wildman–Crippen MR) is 191 cm³/mol. The van der Waals surface area contributed by atoms with Crippen LogP contribution in [0.1, 0.15) is 63.4 Å². The lowest BCUT2D eigenvalue weighted by Crippen LogP contribution is -2.64. The van der Waals surface area contributed by atoms with Crippen molar-refractivity contribution >= 4 is 17.5 Å². The SMILES string of the molecule is C=CCO[C@@]12Oc3ccc(OCCN4CC4)cc3[C@H]3[C@H](CCCCO)[C@@H](CCCCO)C=C(C(=NOCC)C[C@@H]1Sc1ccccc1)[C@H]32. The highest BCUT2D eigenvalue weighted by atomic mass is 32.2. The number of unbranched alkanes of at least 4 members (excludes halogenated alkanes) is 2. The Hall–Kier alpha value is -2.82. The third kappa shape index (κ3) is 7.81. The number of ether oxygens (including phenoxy) is 3. The Labute approximate surface area is 290 Å². The first-order chi connectivity index (χ1) is 23.6. The van der Waals surface area contributed by atoms with Gasteiger partial charge in [0.05, 0.1) is 23.5 Å². The van der Waals surface area contributed by atoms with Crippen LogP contribution in [0.4, 0.5) is 0 Å². The maximum atomic E-state index is 9.81. The molecule has 0 bridgehead atoms. The lowest BCUT2D eigenvalue weighted by atomic mass is 9.56. The van der Waals surface area contributed by atoms with Crippen molar-refractivity contribution in [3.8, 4) is 11.5 Å². The molecule has 0 radical (unpaired) electrons. The van der Waals surface area contributed by atoms with Crippen LogP contribution in [0.2, 0.25) is 0 Å². The maximum absolute atomic E-state index is 9.81. The number of nitrogens with zero attached hydrogens (tertiary/aromatic N) is 2. The fourth-order valence-electron chi connectivity index (χ4n) is 7.91. The van der Waals surface area contributed by atoms with Crippen molar-refractivity contribution in [2.24, 2.45) is 22.9 Å². The Balaban J connectivity index is 1.51. The Morgan fingerprint density at radius 3 is 2.58 bits per heavy atom. The van der Waals surface area contributed by atoms with Crippen LogP contribution in [-0.4, -0.2) is 84.5 Å². The highest BCUT2D eigenvalue weighted by Gasteiger charge is 2.64. The Kier molecular flexibility index (Phi) is 12.2. The summed E-state index contributed by atoms with van der Waals surface area (Å²) in [5, 5.41) is 24.2. The van der Waals surface area contributed by atoms with Crippen LogP contribution in [0.5, 0.6) is 11.5 Å². The Morgan fingerprint density at radius 2 is 1.85 bits per heavy atom. The number of aliphatic hydroxyl groups is 2. The number of oxime groups is 1. The zero-order chi connectivity index (χ0) is 33.3. The second-order valence-corrected chi connectivity index (χ2v) is 14.6. The van der Waals surface area contributed by atoms with E-state index in [4.69, 9.17) is 24.2 Å². The van der Waals surface area contributed by atoms with E-state index in [0.717, 1.165) is 91.4 Å². The smallest absolute Gasteiger partial charge is 0.231 e. The summed E-state index contributed by atoms with van der Waals surface area (Å²) < 4.78 is 20.6. The molecule has 2 N–H and O–H groups in total. The number of fused-ring (bicyclic) bond motifs is 2. The second kappa shape index (κ2) is 16.7. The zero-order valence-electron chi connectivity index (χ0n) is 28.3. The minimum Gasteiger partial charge on any atom is -0.492 e.